The third kappa shape index (κ3) is 2.49. The second kappa shape index (κ2) is 5.15. The summed E-state index contributed by atoms with van der Waals surface area (Å²) < 4.78 is 2.19. The zero-order valence-electron chi connectivity index (χ0n) is 12.9. The summed E-state index contributed by atoms with van der Waals surface area (Å²) in [4.78, 5) is 2.67. The van der Waals surface area contributed by atoms with Crippen molar-refractivity contribution in [3.8, 4) is 0 Å². The largest absolute Gasteiger partial charge is 0.351 e. The Morgan fingerprint density at radius 3 is 3.05 bits per heavy atom. The van der Waals surface area contributed by atoms with Crippen LogP contribution < -0.4 is 5.32 Å². The van der Waals surface area contributed by atoms with Gasteiger partial charge in [0.1, 0.15) is 0 Å². The minimum absolute atomic E-state index is 0.565. The Hall–Kier alpha value is -1.32. The maximum Gasteiger partial charge on any atom is 0.0477 e. The van der Waals surface area contributed by atoms with Crippen LogP contribution in [0.5, 0.6) is 0 Å². The number of rotatable bonds is 2. The molecule has 1 aromatic heterocycles. The third-order valence-electron chi connectivity index (χ3n) is 5.43. The average Bonchev–Trinajstić information content (AvgIpc) is 3.07. The fraction of sp³-hybridized carbons (Fsp3) is 0.556. The quantitative estimate of drug-likeness (QED) is 0.914. The number of likely N-dealkylation sites (tertiary alicyclic amines) is 1. The van der Waals surface area contributed by atoms with Gasteiger partial charge in [-0.3, -0.25) is 4.90 Å². The van der Waals surface area contributed by atoms with Gasteiger partial charge in [0.05, 0.1) is 0 Å². The van der Waals surface area contributed by atoms with Gasteiger partial charge in [-0.25, -0.2) is 0 Å². The van der Waals surface area contributed by atoms with E-state index in [0.717, 1.165) is 6.54 Å². The highest BCUT2D eigenvalue weighted by Gasteiger charge is 2.37. The molecular weight excluding hydrogens is 258 g/mol. The topological polar surface area (TPSA) is 20.2 Å². The van der Waals surface area contributed by atoms with Crippen LogP contribution >= 0.6 is 0 Å². The van der Waals surface area contributed by atoms with Gasteiger partial charge in [0.2, 0.25) is 0 Å². The Labute approximate surface area is 126 Å². The fourth-order valence-electron chi connectivity index (χ4n) is 4.28. The monoisotopic (exact) mass is 283 g/mol. The summed E-state index contributed by atoms with van der Waals surface area (Å²) in [5.41, 5.74) is 3.35. The number of piperidine rings is 1. The van der Waals surface area contributed by atoms with Crippen molar-refractivity contribution in [2.24, 2.45) is 12.5 Å². The molecule has 2 fully saturated rings. The lowest BCUT2D eigenvalue weighted by Gasteiger charge is -2.40. The van der Waals surface area contributed by atoms with E-state index in [2.05, 4.69) is 52.3 Å². The molecule has 3 nitrogen and oxygen atoms in total. The maximum absolute atomic E-state index is 3.56. The van der Waals surface area contributed by atoms with Crippen LogP contribution in [0.25, 0.3) is 10.9 Å². The molecule has 1 N–H and O–H groups in total. The fourth-order valence-corrected chi connectivity index (χ4v) is 4.28. The number of hydrogen-bond donors (Lipinski definition) is 1. The second-order valence-corrected chi connectivity index (χ2v) is 7.06. The number of aromatic nitrogens is 1. The Balaban J connectivity index is 1.51. The SMILES string of the molecule is Cn1ccc2cc(CN3CCC[C@]4(CCNC4)C3)ccc21. The van der Waals surface area contributed by atoms with E-state index in [1.807, 2.05) is 0 Å². The number of aryl methyl sites for hydroxylation is 1. The lowest BCUT2D eigenvalue weighted by Crippen LogP contribution is -2.43. The molecule has 0 aliphatic carbocycles. The van der Waals surface area contributed by atoms with E-state index in [-0.39, 0.29) is 0 Å². The molecule has 3 heteroatoms. The lowest BCUT2D eigenvalue weighted by molar-refractivity contribution is 0.0978. The molecule has 0 saturated carbocycles. The van der Waals surface area contributed by atoms with Crippen molar-refractivity contribution in [2.75, 3.05) is 26.2 Å². The van der Waals surface area contributed by atoms with E-state index < -0.39 is 0 Å². The molecule has 0 amide bonds. The summed E-state index contributed by atoms with van der Waals surface area (Å²) in [6.45, 7) is 6.07. The number of nitrogens with zero attached hydrogens (tertiary/aromatic N) is 2. The molecule has 2 aliphatic rings. The van der Waals surface area contributed by atoms with Crippen molar-refractivity contribution < 1.29 is 0 Å². The van der Waals surface area contributed by atoms with Gasteiger partial charge in [-0.05, 0) is 66.9 Å². The first-order valence-electron chi connectivity index (χ1n) is 8.21. The van der Waals surface area contributed by atoms with Gasteiger partial charge in [0.25, 0.3) is 0 Å². The Morgan fingerprint density at radius 2 is 2.19 bits per heavy atom. The van der Waals surface area contributed by atoms with E-state index in [1.54, 1.807) is 0 Å². The van der Waals surface area contributed by atoms with Crippen LogP contribution in [0, 0.1) is 5.41 Å². The van der Waals surface area contributed by atoms with Gasteiger partial charge in [-0.15, -0.1) is 0 Å². The number of fused-ring (bicyclic) bond motifs is 1. The van der Waals surface area contributed by atoms with E-state index in [4.69, 9.17) is 0 Å². The molecule has 3 heterocycles. The molecule has 21 heavy (non-hydrogen) atoms. The predicted octanol–water partition coefficient (Wildman–Crippen LogP) is 2.75. The molecule has 0 unspecified atom stereocenters. The van der Waals surface area contributed by atoms with E-state index in [9.17, 15) is 0 Å². The molecule has 1 spiro atoms. The van der Waals surface area contributed by atoms with Gasteiger partial charge in [-0.2, -0.15) is 0 Å². The van der Waals surface area contributed by atoms with Crippen molar-refractivity contribution in [2.45, 2.75) is 25.8 Å². The number of benzene rings is 1. The normalized spacial score (nSPS) is 26.9. The maximum atomic E-state index is 3.56. The van der Waals surface area contributed by atoms with Crippen molar-refractivity contribution in [1.29, 1.82) is 0 Å². The Kier molecular flexibility index (Phi) is 3.27. The molecule has 4 rings (SSSR count). The predicted molar refractivity (Wildman–Crippen MR) is 87.3 cm³/mol. The van der Waals surface area contributed by atoms with Crippen molar-refractivity contribution in [3.63, 3.8) is 0 Å². The molecule has 0 radical (unpaired) electrons. The van der Waals surface area contributed by atoms with Crippen molar-refractivity contribution in [1.82, 2.24) is 14.8 Å². The van der Waals surface area contributed by atoms with Gasteiger partial charge in [0, 0.05) is 38.4 Å². The first kappa shape index (κ1) is 13.4. The zero-order chi connectivity index (χ0) is 14.3. The smallest absolute Gasteiger partial charge is 0.0477 e. The summed E-state index contributed by atoms with van der Waals surface area (Å²) in [7, 11) is 2.11. The Morgan fingerprint density at radius 1 is 1.24 bits per heavy atom. The summed E-state index contributed by atoms with van der Waals surface area (Å²) in [5.74, 6) is 0. The van der Waals surface area contributed by atoms with Gasteiger partial charge >= 0.3 is 0 Å². The molecule has 2 saturated heterocycles. The molecular formula is C18H25N3. The van der Waals surface area contributed by atoms with Crippen LogP contribution in [0.2, 0.25) is 0 Å². The Bertz CT molecular complexity index is 637. The molecule has 2 aromatic rings. The van der Waals surface area contributed by atoms with Crippen LogP contribution in [0.1, 0.15) is 24.8 Å². The molecule has 1 atom stereocenters. The van der Waals surface area contributed by atoms with Crippen molar-refractivity contribution >= 4 is 10.9 Å². The molecule has 0 bridgehead atoms. The second-order valence-electron chi connectivity index (χ2n) is 7.06. The first-order chi connectivity index (χ1) is 10.2. The number of nitrogens with one attached hydrogen (secondary N) is 1. The van der Waals surface area contributed by atoms with E-state index in [0.29, 0.717) is 5.41 Å². The summed E-state index contributed by atoms with van der Waals surface area (Å²) in [6.07, 6.45) is 6.28. The first-order valence-corrected chi connectivity index (χ1v) is 8.21. The summed E-state index contributed by atoms with van der Waals surface area (Å²) in [6, 6.07) is 9.15. The van der Waals surface area contributed by atoms with E-state index >= 15 is 0 Å². The van der Waals surface area contributed by atoms with E-state index in [1.165, 1.54) is 61.9 Å². The van der Waals surface area contributed by atoms with Crippen LogP contribution in [0.3, 0.4) is 0 Å². The average molecular weight is 283 g/mol. The molecule has 1 aromatic carbocycles. The van der Waals surface area contributed by atoms with Crippen LogP contribution in [0.4, 0.5) is 0 Å². The minimum atomic E-state index is 0.565. The molecule has 2 aliphatic heterocycles. The highest BCUT2D eigenvalue weighted by molar-refractivity contribution is 5.80. The highest BCUT2D eigenvalue weighted by Crippen LogP contribution is 2.36. The van der Waals surface area contributed by atoms with Crippen LogP contribution in [-0.4, -0.2) is 35.6 Å². The standard InChI is InChI=1S/C18H25N3/c1-20-10-5-16-11-15(3-4-17(16)20)12-21-9-2-6-18(14-21)7-8-19-13-18/h3-5,10-11,19H,2,6-9,12-14H2,1H3/t18-/m1/s1. The van der Waals surface area contributed by atoms with Crippen LogP contribution in [-0.2, 0) is 13.6 Å². The minimum Gasteiger partial charge on any atom is -0.351 e. The van der Waals surface area contributed by atoms with Crippen molar-refractivity contribution in [3.05, 3.63) is 36.0 Å². The molecule has 112 valence electrons. The zero-order valence-corrected chi connectivity index (χ0v) is 12.9. The third-order valence-corrected chi connectivity index (χ3v) is 5.43. The summed E-state index contributed by atoms with van der Waals surface area (Å²) in [5, 5.41) is 4.93. The van der Waals surface area contributed by atoms with Gasteiger partial charge in [-0.1, -0.05) is 6.07 Å². The van der Waals surface area contributed by atoms with Gasteiger partial charge < -0.3 is 9.88 Å². The van der Waals surface area contributed by atoms with Gasteiger partial charge in [0.15, 0.2) is 0 Å². The number of hydrogen-bond acceptors (Lipinski definition) is 2. The summed E-state index contributed by atoms with van der Waals surface area (Å²) >= 11 is 0. The lowest BCUT2D eigenvalue weighted by atomic mass is 9.79. The highest BCUT2D eigenvalue weighted by atomic mass is 15.1. The van der Waals surface area contributed by atoms with Crippen LogP contribution in [0.15, 0.2) is 30.5 Å².